The molecule has 1 aromatic carbocycles. The summed E-state index contributed by atoms with van der Waals surface area (Å²) in [6, 6.07) is 5.69. The normalized spacial score (nSPS) is 12.5. The first-order valence-electron chi connectivity index (χ1n) is 3.89. The molecule has 0 saturated heterocycles. The highest BCUT2D eigenvalue weighted by Crippen LogP contribution is 2.17. The molecule has 1 rings (SSSR count). The maximum atomic E-state index is 5.75. The van der Waals surface area contributed by atoms with Crippen LogP contribution in [0.15, 0.2) is 30.9 Å². The molecule has 1 aromatic rings. The minimum Gasteiger partial charge on any atom is -0.399 e. The number of hydrogen-bond donors (Lipinski definition) is 2. The molecule has 1 unspecified atom stereocenters. The molecule has 12 heavy (non-hydrogen) atoms. The van der Waals surface area contributed by atoms with Crippen molar-refractivity contribution in [2.24, 2.45) is 5.73 Å². The molecule has 0 aromatic heterocycles. The molecular formula is C10H14N2. The molecule has 0 heterocycles. The highest BCUT2D eigenvalue weighted by atomic mass is 14.6. The standard InChI is InChI=1S/C10H14N2/c1-3-9(11)8-4-5-10(12)7(2)6-8/h3-6,9H,1,11-12H2,2H3. The van der Waals surface area contributed by atoms with Gasteiger partial charge in [0.2, 0.25) is 0 Å². The van der Waals surface area contributed by atoms with E-state index in [9.17, 15) is 0 Å². The second-order valence-electron chi connectivity index (χ2n) is 2.88. The van der Waals surface area contributed by atoms with Gasteiger partial charge in [-0.05, 0) is 24.1 Å². The van der Waals surface area contributed by atoms with E-state index >= 15 is 0 Å². The van der Waals surface area contributed by atoms with Crippen molar-refractivity contribution in [3.05, 3.63) is 42.0 Å². The van der Waals surface area contributed by atoms with Gasteiger partial charge in [-0.3, -0.25) is 0 Å². The first kappa shape index (κ1) is 8.81. The number of hydrogen-bond acceptors (Lipinski definition) is 2. The van der Waals surface area contributed by atoms with Gasteiger partial charge in [0.15, 0.2) is 0 Å². The summed E-state index contributed by atoms with van der Waals surface area (Å²) >= 11 is 0. The summed E-state index contributed by atoms with van der Waals surface area (Å²) in [5, 5.41) is 0. The van der Waals surface area contributed by atoms with Crippen LogP contribution in [-0.2, 0) is 0 Å². The van der Waals surface area contributed by atoms with Crippen LogP contribution in [0.1, 0.15) is 17.2 Å². The van der Waals surface area contributed by atoms with Crippen LogP contribution in [0.2, 0.25) is 0 Å². The van der Waals surface area contributed by atoms with E-state index in [-0.39, 0.29) is 6.04 Å². The smallest absolute Gasteiger partial charge is 0.0478 e. The molecule has 0 bridgehead atoms. The zero-order valence-corrected chi connectivity index (χ0v) is 7.25. The van der Waals surface area contributed by atoms with E-state index in [4.69, 9.17) is 11.5 Å². The Hall–Kier alpha value is -1.28. The quantitative estimate of drug-likeness (QED) is 0.514. The minimum atomic E-state index is -0.0932. The van der Waals surface area contributed by atoms with Crippen molar-refractivity contribution in [2.75, 3.05) is 5.73 Å². The predicted molar refractivity (Wildman–Crippen MR) is 52.7 cm³/mol. The van der Waals surface area contributed by atoms with Crippen LogP contribution in [0, 0.1) is 6.92 Å². The van der Waals surface area contributed by atoms with Gasteiger partial charge >= 0.3 is 0 Å². The Labute approximate surface area is 72.9 Å². The summed E-state index contributed by atoms with van der Waals surface area (Å²) in [7, 11) is 0. The number of rotatable bonds is 2. The van der Waals surface area contributed by atoms with E-state index in [1.165, 1.54) is 0 Å². The summed E-state index contributed by atoms with van der Waals surface area (Å²) in [5.74, 6) is 0. The molecule has 2 heteroatoms. The maximum Gasteiger partial charge on any atom is 0.0478 e. The molecular weight excluding hydrogens is 148 g/mol. The lowest BCUT2D eigenvalue weighted by molar-refractivity contribution is 0.913. The van der Waals surface area contributed by atoms with Gasteiger partial charge in [0.25, 0.3) is 0 Å². The zero-order valence-electron chi connectivity index (χ0n) is 7.25. The fourth-order valence-corrected chi connectivity index (χ4v) is 1.04. The molecule has 2 nitrogen and oxygen atoms in total. The van der Waals surface area contributed by atoms with E-state index in [2.05, 4.69) is 6.58 Å². The fraction of sp³-hybridized carbons (Fsp3) is 0.200. The van der Waals surface area contributed by atoms with Crippen LogP contribution in [-0.4, -0.2) is 0 Å². The van der Waals surface area contributed by atoms with E-state index in [0.29, 0.717) is 0 Å². The van der Waals surface area contributed by atoms with Crippen molar-refractivity contribution in [1.29, 1.82) is 0 Å². The van der Waals surface area contributed by atoms with Crippen LogP contribution in [0.3, 0.4) is 0 Å². The number of anilines is 1. The summed E-state index contributed by atoms with van der Waals surface area (Å²) in [4.78, 5) is 0. The highest BCUT2D eigenvalue weighted by Gasteiger charge is 2.01. The lowest BCUT2D eigenvalue weighted by Gasteiger charge is -2.08. The number of nitrogen functional groups attached to an aromatic ring is 1. The summed E-state index contributed by atoms with van der Waals surface area (Å²) < 4.78 is 0. The van der Waals surface area contributed by atoms with Gasteiger partial charge in [-0.15, -0.1) is 6.58 Å². The largest absolute Gasteiger partial charge is 0.399 e. The molecule has 64 valence electrons. The lowest BCUT2D eigenvalue weighted by Crippen LogP contribution is -2.06. The van der Waals surface area contributed by atoms with Gasteiger partial charge in [0.1, 0.15) is 0 Å². The molecule has 0 amide bonds. The van der Waals surface area contributed by atoms with Gasteiger partial charge < -0.3 is 11.5 Å². The van der Waals surface area contributed by atoms with Gasteiger partial charge in [0.05, 0.1) is 0 Å². The summed E-state index contributed by atoms with van der Waals surface area (Å²) in [5.41, 5.74) is 14.3. The van der Waals surface area contributed by atoms with E-state index in [0.717, 1.165) is 16.8 Å². The monoisotopic (exact) mass is 162 g/mol. The number of aryl methyl sites for hydroxylation is 1. The Morgan fingerprint density at radius 2 is 2.17 bits per heavy atom. The average molecular weight is 162 g/mol. The van der Waals surface area contributed by atoms with Gasteiger partial charge in [0, 0.05) is 11.7 Å². The molecule has 0 saturated carbocycles. The van der Waals surface area contributed by atoms with Crippen molar-refractivity contribution >= 4 is 5.69 Å². The van der Waals surface area contributed by atoms with Crippen LogP contribution >= 0.6 is 0 Å². The van der Waals surface area contributed by atoms with Crippen molar-refractivity contribution in [3.8, 4) is 0 Å². The Morgan fingerprint density at radius 3 is 2.67 bits per heavy atom. The fourth-order valence-electron chi connectivity index (χ4n) is 1.04. The van der Waals surface area contributed by atoms with E-state index in [1.54, 1.807) is 6.08 Å². The Morgan fingerprint density at radius 1 is 1.50 bits per heavy atom. The summed E-state index contributed by atoms with van der Waals surface area (Å²) in [6.45, 7) is 5.60. The van der Waals surface area contributed by atoms with Crippen molar-refractivity contribution in [1.82, 2.24) is 0 Å². The molecule has 0 radical (unpaired) electrons. The first-order valence-corrected chi connectivity index (χ1v) is 3.89. The van der Waals surface area contributed by atoms with E-state index in [1.807, 2.05) is 25.1 Å². The van der Waals surface area contributed by atoms with Crippen LogP contribution in [0.25, 0.3) is 0 Å². The van der Waals surface area contributed by atoms with Crippen molar-refractivity contribution < 1.29 is 0 Å². The third-order valence-corrected chi connectivity index (χ3v) is 1.93. The molecule has 4 N–H and O–H groups in total. The first-order chi connectivity index (χ1) is 5.65. The van der Waals surface area contributed by atoms with Crippen molar-refractivity contribution in [3.63, 3.8) is 0 Å². The Balaban J connectivity index is 3.04. The molecule has 0 fully saturated rings. The number of benzene rings is 1. The zero-order chi connectivity index (χ0) is 9.14. The van der Waals surface area contributed by atoms with Gasteiger partial charge in [-0.25, -0.2) is 0 Å². The van der Waals surface area contributed by atoms with Crippen LogP contribution in [0.5, 0.6) is 0 Å². The maximum absolute atomic E-state index is 5.75. The SMILES string of the molecule is C=CC(N)c1ccc(N)c(C)c1. The molecule has 0 aliphatic heterocycles. The molecule has 0 aliphatic rings. The third kappa shape index (κ3) is 1.66. The Kier molecular flexibility index (Phi) is 2.51. The van der Waals surface area contributed by atoms with Gasteiger partial charge in [-0.2, -0.15) is 0 Å². The topological polar surface area (TPSA) is 52.0 Å². The summed E-state index contributed by atoms with van der Waals surface area (Å²) in [6.07, 6.45) is 1.71. The van der Waals surface area contributed by atoms with Crippen molar-refractivity contribution in [2.45, 2.75) is 13.0 Å². The van der Waals surface area contributed by atoms with E-state index < -0.39 is 0 Å². The second-order valence-corrected chi connectivity index (χ2v) is 2.88. The third-order valence-electron chi connectivity index (χ3n) is 1.93. The average Bonchev–Trinajstić information content (AvgIpc) is 2.08. The highest BCUT2D eigenvalue weighted by molar-refractivity contribution is 5.48. The van der Waals surface area contributed by atoms with Crippen LogP contribution < -0.4 is 11.5 Å². The van der Waals surface area contributed by atoms with Crippen LogP contribution in [0.4, 0.5) is 5.69 Å². The number of nitrogens with two attached hydrogens (primary N) is 2. The minimum absolute atomic E-state index is 0.0932. The molecule has 0 spiro atoms. The van der Waals surface area contributed by atoms with Gasteiger partial charge in [-0.1, -0.05) is 18.2 Å². The lowest BCUT2D eigenvalue weighted by atomic mass is 10.0. The molecule has 1 atom stereocenters. The predicted octanol–water partition coefficient (Wildman–Crippen LogP) is 1.76. The second kappa shape index (κ2) is 3.41. The molecule has 0 aliphatic carbocycles. The Bertz CT molecular complexity index is 292.